The Morgan fingerprint density at radius 2 is 1.74 bits per heavy atom. The third-order valence-electron chi connectivity index (χ3n) is 6.16. The van der Waals surface area contributed by atoms with Gasteiger partial charge in [0.05, 0.1) is 5.56 Å². The van der Waals surface area contributed by atoms with Crippen LogP contribution in [0.4, 0.5) is 13.2 Å². The van der Waals surface area contributed by atoms with E-state index in [9.17, 15) is 4.39 Å². The number of rotatable bonds is 0. The summed E-state index contributed by atoms with van der Waals surface area (Å²) >= 11 is 0. The zero-order chi connectivity index (χ0) is 19.1. The Morgan fingerprint density at radius 1 is 1.00 bits per heavy atom. The van der Waals surface area contributed by atoms with E-state index < -0.39 is 23.7 Å². The minimum atomic E-state index is -3.18. The van der Waals surface area contributed by atoms with Gasteiger partial charge in [-0.25, -0.2) is 13.2 Å². The number of halogens is 3. The lowest BCUT2D eigenvalue weighted by atomic mass is 9.69. The zero-order valence-electron chi connectivity index (χ0n) is 15.7. The van der Waals surface area contributed by atoms with Crippen LogP contribution in [0.15, 0.2) is 48.0 Å². The Hall–Kier alpha value is -2.29. The van der Waals surface area contributed by atoms with Crippen molar-refractivity contribution < 1.29 is 13.2 Å². The molecule has 3 aliphatic carbocycles. The summed E-state index contributed by atoms with van der Waals surface area (Å²) in [5, 5.41) is 0. The van der Waals surface area contributed by atoms with Crippen LogP contribution in [0.3, 0.4) is 0 Å². The SMILES string of the molecule is CC(C)(C)C1c2ccccc2C2=C3C(=CC2)CC(F)(F)c2c(F)ccc1c23. The summed E-state index contributed by atoms with van der Waals surface area (Å²) in [5.41, 5.74) is 5.51. The lowest BCUT2D eigenvalue weighted by molar-refractivity contribution is -0.00862. The second-order valence-corrected chi connectivity index (χ2v) is 8.94. The van der Waals surface area contributed by atoms with Gasteiger partial charge in [-0.15, -0.1) is 0 Å². The molecule has 0 spiro atoms. The predicted molar refractivity (Wildman–Crippen MR) is 102 cm³/mol. The lowest BCUT2D eigenvalue weighted by Crippen LogP contribution is -2.27. The summed E-state index contributed by atoms with van der Waals surface area (Å²) in [6, 6.07) is 11.2. The number of benzene rings is 2. The van der Waals surface area contributed by atoms with Crippen LogP contribution in [-0.2, 0) is 5.92 Å². The average molecular weight is 366 g/mol. The fourth-order valence-corrected chi connectivity index (χ4v) is 5.25. The average Bonchev–Trinajstić information content (AvgIpc) is 2.92. The van der Waals surface area contributed by atoms with E-state index in [0.717, 1.165) is 27.8 Å². The van der Waals surface area contributed by atoms with E-state index in [1.807, 2.05) is 18.2 Å². The van der Waals surface area contributed by atoms with E-state index >= 15 is 8.78 Å². The lowest BCUT2D eigenvalue weighted by Gasteiger charge is -2.36. The summed E-state index contributed by atoms with van der Waals surface area (Å²) in [6.45, 7) is 6.37. The monoisotopic (exact) mass is 366 g/mol. The molecule has 3 aliphatic rings. The van der Waals surface area contributed by atoms with Crippen LogP contribution >= 0.6 is 0 Å². The van der Waals surface area contributed by atoms with Crippen LogP contribution in [0.2, 0.25) is 0 Å². The summed E-state index contributed by atoms with van der Waals surface area (Å²) in [5.74, 6) is -4.06. The van der Waals surface area contributed by atoms with Gasteiger partial charge in [-0.05, 0) is 56.9 Å². The number of allylic oxidation sites excluding steroid dienone is 4. The van der Waals surface area contributed by atoms with Crippen LogP contribution in [0.5, 0.6) is 0 Å². The Bertz CT molecular complexity index is 1050. The molecule has 0 nitrogen and oxygen atoms in total. The van der Waals surface area contributed by atoms with Crippen LogP contribution in [0.25, 0.3) is 11.1 Å². The fourth-order valence-electron chi connectivity index (χ4n) is 5.25. The van der Waals surface area contributed by atoms with Gasteiger partial charge in [-0.3, -0.25) is 0 Å². The topological polar surface area (TPSA) is 0 Å². The highest BCUT2D eigenvalue weighted by atomic mass is 19.3. The Balaban J connectivity index is 1.99. The first kappa shape index (κ1) is 16.9. The summed E-state index contributed by atoms with van der Waals surface area (Å²) < 4.78 is 44.7. The molecule has 2 aromatic carbocycles. The maximum Gasteiger partial charge on any atom is 0.280 e. The molecule has 0 saturated heterocycles. The van der Waals surface area contributed by atoms with Crippen LogP contribution in [0, 0.1) is 11.2 Å². The van der Waals surface area contributed by atoms with E-state index in [-0.39, 0.29) is 11.3 Å². The van der Waals surface area contributed by atoms with Crippen LogP contribution in [-0.4, -0.2) is 0 Å². The first-order chi connectivity index (χ1) is 12.7. The molecule has 0 bridgehead atoms. The van der Waals surface area contributed by atoms with Gasteiger partial charge in [0.25, 0.3) is 5.92 Å². The molecule has 27 heavy (non-hydrogen) atoms. The van der Waals surface area contributed by atoms with Crippen molar-refractivity contribution in [1.29, 1.82) is 0 Å². The molecule has 138 valence electrons. The van der Waals surface area contributed by atoms with Gasteiger partial charge < -0.3 is 0 Å². The molecular formula is C24H21F3. The third-order valence-corrected chi connectivity index (χ3v) is 6.16. The van der Waals surface area contributed by atoms with Crippen molar-refractivity contribution in [2.24, 2.45) is 5.41 Å². The zero-order valence-corrected chi connectivity index (χ0v) is 15.7. The van der Waals surface area contributed by atoms with Gasteiger partial charge >= 0.3 is 0 Å². The van der Waals surface area contributed by atoms with Gasteiger partial charge in [0.15, 0.2) is 0 Å². The molecule has 2 aromatic rings. The largest absolute Gasteiger partial charge is 0.280 e. The molecule has 0 N–H and O–H groups in total. The summed E-state index contributed by atoms with van der Waals surface area (Å²) in [4.78, 5) is 0. The van der Waals surface area contributed by atoms with E-state index in [1.54, 1.807) is 6.07 Å². The molecule has 0 saturated carbocycles. The quantitative estimate of drug-likeness (QED) is 0.468. The maximum atomic E-state index is 15.0. The molecule has 0 amide bonds. The number of hydrogen-bond donors (Lipinski definition) is 0. The van der Waals surface area contributed by atoms with Crippen LogP contribution < -0.4 is 0 Å². The van der Waals surface area contributed by atoms with Crippen molar-refractivity contribution in [3.63, 3.8) is 0 Å². The van der Waals surface area contributed by atoms with E-state index in [0.29, 0.717) is 17.6 Å². The van der Waals surface area contributed by atoms with Gasteiger partial charge in [0, 0.05) is 12.3 Å². The molecule has 0 aliphatic heterocycles. The van der Waals surface area contributed by atoms with E-state index in [2.05, 4.69) is 32.9 Å². The number of fused-ring (bicyclic) bond motifs is 2. The van der Waals surface area contributed by atoms with Gasteiger partial charge in [-0.1, -0.05) is 57.2 Å². The maximum absolute atomic E-state index is 15.0. The molecule has 0 radical (unpaired) electrons. The standard InChI is InChI=1S/C24H21F3/c1-23(2,3)21-16-7-5-4-6-14(16)15-9-8-13-12-24(26,27)22-18(25)11-10-17(21)20(22)19(13)15/h4-8,10-11,21H,9,12H2,1-3H3. The smallest absolute Gasteiger partial charge is 0.206 e. The normalized spacial score (nSPS) is 22.1. The molecule has 0 fully saturated rings. The third kappa shape index (κ3) is 2.17. The molecule has 1 unspecified atom stereocenters. The van der Waals surface area contributed by atoms with Crippen molar-refractivity contribution in [3.05, 3.63) is 81.7 Å². The van der Waals surface area contributed by atoms with Crippen molar-refractivity contribution >= 4 is 11.1 Å². The first-order valence-corrected chi connectivity index (χ1v) is 9.43. The fraction of sp³-hybridized carbons (Fsp3) is 0.333. The predicted octanol–water partition coefficient (Wildman–Crippen LogP) is 7.05. The minimum Gasteiger partial charge on any atom is -0.206 e. The molecule has 3 heteroatoms. The molecule has 5 rings (SSSR count). The van der Waals surface area contributed by atoms with Crippen molar-refractivity contribution in [1.82, 2.24) is 0 Å². The number of hydrogen-bond acceptors (Lipinski definition) is 0. The second-order valence-electron chi connectivity index (χ2n) is 8.94. The molecular weight excluding hydrogens is 345 g/mol. The molecule has 1 atom stereocenters. The van der Waals surface area contributed by atoms with Crippen LogP contribution in [0.1, 0.15) is 67.3 Å². The Kier molecular flexibility index (Phi) is 3.22. The van der Waals surface area contributed by atoms with Crippen molar-refractivity contribution in [2.45, 2.75) is 45.5 Å². The summed E-state index contributed by atoms with van der Waals surface area (Å²) in [7, 11) is 0. The molecule has 0 aromatic heterocycles. The van der Waals surface area contributed by atoms with Crippen molar-refractivity contribution in [3.8, 4) is 0 Å². The van der Waals surface area contributed by atoms with E-state index in [4.69, 9.17) is 0 Å². The van der Waals surface area contributed by atoms with E-state index in [1.165, 1.54) is 6.07 Å². The Labute approximate surface area is 157 Å². The molecule has 0 heterocycles. The number of alkyl halides is 2. The highest BCUT2D eigenvalue weighted by Gasteiger charge is 2.49. The highest BCUT2D eigenvalue weighted by Crippen LogP contribution is 2.59. The van der Waals surface area contributed by atoms with Gasteiger partial charge in [0.1, 0.15) is 5.82 Å². The van der Waals surface area contributed by atoms with Crippen molar-refractivity contribution in [2.75, 3.05) is 0 Å². The second kappa shape index (κ2) is 5.15. The highest BCUT2D eigenvalue weighted by molar-refractivity contribution is 6.06. The van der Waals surface area contributed by atoms with Gasteiger partial charge in [0.2, 0.25) is 0 Å². The first-order valence-electron chi connectivity index (χ1n) is 9.43. The minimum absolute atomic E-state index is 0.0798. The van der Waals surface area contributed by atoms with Gasteiger partial charge in [-0.2, -0.15) is 0 Å². The Morgan fingerprint density at radius 3 is 2.48 bits per heavy atom. The summed E-state index contributed by atoms with van der Waals surface area (Å²) in [6.07, 6.45) is 2.12.